The summed E-state index contributed by atoms with van der Waals surface area (Å²) < 4.78 is 0. The summed E-state index contributed by atoms with van der Waals surface area (Å²) in [5.74, 6) is 0.587. The molecule has 0 bridgehead atoms. The average molecular weight is 301 g/mol. The van der Waals surface area contributed by atoms with Gasteiger partial charge in [-0.15, -0.1) is 0 Å². The predicted molar refractivity (Wildman–Crippen MR) is 85.8 cm³/mol. The summed E-state index contributed by atoms with van der Waals surface area (Å²) in [6, 6.07) is 7.73. The number of nitrogens with zero attached hydrogens (tertiary/aromatic N) is 1. The fourth-order valence-electron chi connectivity index (χ4n) is 3.34. The molecule has 5 nitrogen and oxygen atoms in total. The van der Waals surface area contributed by atoms with E-state index in [-0.39, 0.29) is 11.9 Å². The second-order valence-electron chi connectivity index (χ2n) is 6.67. The van der Waals surface area contributed by atoms with E-state index in [1.54, 1.807) is 4.90 Å². The van der Waals surface area contributed by atoms with Crippen molar-refractivity contribution in [2.45, 2.75) is 32.1 Å². The minimum atomic E-state index is -0.564. The van der Waals surface area contributed by atoms with Crippen molar-refractivity contribution >= 4 is 17.6 Å². The molecule has 0 saturated carbocycles. The molecule has 2 aliphatic heterocycles. The first-order chi connectivity index (χ1) is 10.5. The van der Waals surface area contributed by atoms with E-state index in [2.05, 4.69) is 24.5 Å². The molecule has 1 atom stereocenters. The van der Waals surface area contributed by atoms with Crippen molar-refractivity contribution < 1.29 is 9.59 Å². The lowest BCUT2D eigenvalue weighted by molar-refractivity contribution is -0.120. The third kappa shape index (κ3) is 2.45. The van der Waals surface area contributed by atoms with Gasteiger partial charge in [0.05, 0.1) is 5.41 Å². The molecular formula is C17H23N3O2. The van der Waals surface area contributed by atoms with Gasteiger partial charge in [0.1, 0.15) is 0 Å². The number of benzene rings is 1. The number of nitrogens with one attached hydrogen (secondary N) is 2. The van der Waals surface area contributed by atoms with Crippen molar-refractivity contribution in [3.63, 3.8) is 0 Å². The number of likely N-dealkylation sites (tertiary alicyclic amines) is 1. The Balaban J connectivity index is 1.69. The summed E-state index contributed by atoms with van der Waals surface area (Å²) in [7, 11) is 0. The number of hydrogen-bond donors (Lipinski definition) is 2. The van der Waals surface area contributed by atoms with E-state index >= 15 is 0 Å². The van der Waals surface area contributed by atoms with Crippen molar-refractivity contribution in [3.05, 3.63) is 29.8 Å². The van der Waals surface area contributed by atoms with Crippen LogP contribution in [0.3, 0.4) is 0 Å². The van der Waals surface area contributed by atoms with Crippen LogP contribution in [0.5, 0.6) is 0 Å². The molecule has 1 fully saturated rings. The number of anilines is 1. The van der Waals surface area contributed by atoms with Crippen molar-refractivity contribution in [2.24, 2.45) is 5.92 Å². The van der Waals surface area contributed by atoms with Gasteiger partial charge < -0.3 is 15.5 Å². The van der Waals surface area contributed by atoms with Gasteiger partial charge in [-0.3, -0.25) is 4.79 Å². The standard InChI is InChI=1S/C17H23N3O2/c1-12(2)7-9-18-16(22)20-10-8-17(11-20)13-5-3-4-6-14(13)19-15(17)21/h3-6,12H,7-11H2,1-2H3,(H,18,22)(H,19,21)/t17-/m1/s1. The smallest absolute Gasteiger partial charge is 0.317 e. The second-order valence-corrected chi connectivity index (χ2v) is 6.67. The van der Waals surface area contributed by atoms with Crippen LogP contribution in [0.25, 0.3) is 0 Å². The van der Waals surface area contributed by atoms with E-state index in [1.165, 1.54) is 0 Å². The monoisotopic (exact) mass is 301 g/mol. The third-order valence-electron chi connectivity index (χ3n) is 4.68. The molecule has 1 aromatic carbocycles. The fourth-order valence-corrected chi connectivity index (χ4v) is 3.34. The highest BCUT2D eigenvalue weighted by Crippen LogP contribution is 2.43. The summed E-state index contributed by atoms with van der Waals surface area (Å²) in [4.78, 5) is 26.5. The first-order valence-electron chi connectivity index (χ1n) is 7.97. The molecule has 0 aromatic heterocycles. The Morgan fingerprint density at radius 1 is 1.41 bits per heavy atom. The lowest BCUT2D eigenvalue weighted by atomic mass is 9.81. The summed E-state index contributed by atoms with van der Waals surface area (Å²) in [6.45, 7) is 6.04. The minimum Gasteiger partial charge on any atom is -0.338 e. The predicted octanol–water partition coefficient (Wildman–Crippen LogP) is 2.34. The molecule has 2 N–H and O–H groups in total. The normalized spacial score (nSPS) is 23.0. The molecule has 1 saturated heterocycles. The lowest BCUT2D eigenvalue weighted by Crippen LogP contribution is -2.43. The quantitative estimate of drug-likeness (QED) is 0.900. The Morgan fingerprint density at radius 3 is 2.95 bits per heavy atom. The average Bonchev–Trinajstić information content (AvgIpc) is 3.04. The van der Waals surface area contributed by atoms with Gasteiger partial charge in [-0.25, -0.2) is 4.79 Å². The Labute approximate surface area is 131 Å². The first kappa shape index (κ1) is 14.9. The molecule has 1 spiro atoms. The Bertz CT molecular complexity index is 599. The van der Waals surface area contributed by atoms with Crippen LogP contribution >= 0.6 is 0 Å². The molecule has 22 heavy (non-hydrogen) atoms. The highest BCUT2D eigenvalue weighted by molar-refractivity contribution is 6.07. The van der Waals surface area contributed by atoms with Gasteiger partial charge in [0.15, 0.2) is 0 Å². The molecule has 0 radical (unpaired) electrons. The van der Waals surface area contributed by atoms with Crippen LogP contribution in [0.2, 0.25) is 0 Å². The van der Waals surface area contributed by atoms with Crippen molar-refractivity contribution in [1.82, 2.24) is 10.2 Å². The van der Waals surface area contributed by atoms with Crippen LogP contribution < -0.4 is 10.6 Å². The number of carbonyl (C=O) groups excluding carboxylic acids is 2. The summed E-state index contributed by atoms with van der Waals surface area (Å²) in [5, 5.41) is 5.91. The number of fused-ring (bicyclic) bond motifs is 2. The number of carbonyl (C=O) groups is 2. The molecule has 2 heterocycles. The number of hydrogen-bond acceptors (Lipinski definition) is 2. The molecule has 2 aliphatic rings. The molecule has 3 rings (SSSR count). The number of amides is 3. The summed E-state index contributed by atoms with van der Waals surface area (Å²) in [5.41, 5.74) is 1.35. The van der Waals surface area contributed by atoms with Gasteiger partial charge in [-0.1, -0.05) is 32.0 Å². The third-order valence-corrected chi connectivity index (χ3v) is 4.68. The van der Waals surface area contributed by atoms with Gasteiger partial charge in [0.25, 0.3) is 0 Å². The molecule has 0 aliphatic carbocycles. The Morgan fingerprint density at radius 2 is 2.18 bits per heavy atom. The zero-order chi connectivity index (χ0) is 15.7. The zero-order valence-electron chi connectivity index (χ0n) is 13.2. The highest BCUT2D eigenvalue weighted by atomic mass is 16.2. The van der Waals surface area contributed by atoms with E-state index in [9.17, 15) is 9.59 Å². The molecule has 118 valence electrons. The fraction of sp³-hybridized carbons (Fsp3) is 0.529. The largest absolute Gasteiger partial charge is 0.338 e. The van der Waals surface area contributed by atoms with E-state index in [1.807, 2.05) is 24.3 Å². The van der Waals surface area contributed by atoms with E-state index in [0.29, 0.717) is 32.0 Å². The number of para-hydroxylation sites is 1. The Kier molecular flexibility index (Phi) is 3.81. The molecular weight excluding hydrogens is 278 g/mol. The lowest BCUT2D eigenvalue weighted by Gasteiger charge is -2.23. The van der Waals surface area contributed by atoms with Crippen LogP contribution in [0.1, 0.15) is 32.3 Å². The minimum absolute atomic E-state index is 0.0196. The topological polar surface area (TPSA) is 61.4 Å². The summed E-state index contributed by atoms with van der Waals surface area (Å²) in [6.07, 6.45) is 1.65. The van der Waals surface area contributed by atoms with Crippen LogP contribution in [0.15, 0.2) is 24.3 Å². The van der Waals surface area contributed by atoms with Crippen LogP contribution in [-0.4, -0.2) is 36.5 Å². The number of urea groups is 1. The molecule has 5 heteroatoms. The van der Waals surface area contributed by atoms with Gasteiger partial charge >= 0.3 is 6.03 Å². The Hall–Kier alpha value is -2.04. The van der Waals surface area contributed by atoms with Crippen molar-refractivity contribution in [3.8, 4) is 0 Å². The van der Waals surface area contributed by atoms with Crippen molar-refractivity contribution in [1.29, 1.82) is 0 Å². The molecule has 1 aromatic rings. The van der Waals surface area contributed by atoms with Crippen LogP contribution in [0, 0.1) is 5.92 Å². The first-order valence-corrected chi connectivity index (χ1v) is 7.97. The van der Waals surface area contributed by atoms with Crippen LogP contribution in [-0.2, 0) is 10.2 Å². The van der Waals surface area contributed by atoms with E-state index in [4.69, 9.17) is 0 Å². The zero-order valence-corrected chi connectivity index (χ0v) is 13.2. The summed E-state index contributed by atoms with van der Waals surface area (Å²) >= 11 is 0. The SMILES string of the molecule is CC(C)CCNC(=O)N1CC[C@]2(C1)C(=O)Nc1ccccc12. The maximum absolute atomic E-state index is 12.5. The molecule has 0 unspecified atom stereocenters. The van der Waals surface area contributed by atoms with E-state index < -0.39 is 5.41 Å². The van der Waals surface area contributed by atoms with Crippen molar-refractivity contribution in [2.75, 3.05) is 25.0 Å². The highest BCUT2D eigenvalue weighted by Gasteiger charge is 2.51. The second kappa shape index (κ2) is 5.63. The van der Waals surface area contributed by atoms with Crippen LogP contribution in [0.4, 0.5) is 10.5 Å². The maximum atomic E-state index is 12.5. The van der Waals surface area contributed by atoms with Gasteiger partial charge in [0, 0.05) is 25.3 Å². The van der Waals surface area contributed by atoms with Gasteiger partial charge in [0.2, 0.25) is 5.91 Å². The maximum Gasteiger partial charge on any atom is 0.317 e. The van der Waals surface area contributed by atoms with Gasteiger partial charge in [-0.2, -0.15) is 0 Å². The van der Waals surface area contributed by atoms with E-state index in [0.717, 1.165) is 17.7 Å². The number of rotatable bonds is 3. The van der Waals surface area contributed by atoms with Gasteiger partial charge in [-0.05, 0) is 30.4 Å². The molecule has 3 amide bonds.